The van der Waals surface area contributed by atoms with Crippen molar-refractivity contribution >= 4 is 10.8 Å². The summed E-state index contributed by atoms with van der Waals surface area (Å²) < 4.78 is 0. The highest BCUT2D eigenvalue weighted by molar-refractivity contribution is 5.88. The Morgan fingerprint density at radius 1 is 0.905 bits per heavy atom. The summed E-state index contributed by atoms with van der Waals surface area (Å²) in [5, 5.41) is 6.35. The van der Waals surface area contributed by atoms with E-state index < -0.39 is 0 Å². The monoisotopic (exact) mass is 283 g/mol. The van der Waals surface area contributed by atoms with Crippen molar-refractivity contribution in [2.45, 2.75) is 53.0 Å². The van der Waals surface area contributed by atoms with Gasteiger partial charge in [-0.15, -0.1) is 0 Å². The predicted octanol–water partition coefficient (Wildman–Crippen LogP) is 5.11. The summed E-state index contributed by atoms with van der Waals surface area (Å²) >= 11 is 0. The first-order valence-corrected chi connectivity index (χ1v) is 8.28. The normalized spacial score (nSPS) is 13.0. The van der Waals surface area contributed by atoms with Gasteiger partial charge in [-0.05, 0) is 60.5 Å². The Balaban J connectivity index is 1.96. The van der Waals surface area contributed by atoms with E-state index in [0.29, 0.717) is 6.04 Å². The fraction of sp³-hybridized carbons (Fsp3) is 0.500. The second-order valence-electron chi connectivity index (χ2n) is 6.63. The van der Waals surface area contributed by atoms with Crippen LogP contribution >= 0.6 is 0 Å². The molecule has 1 heteroatoms. The molecule has 0 heterocycles. The Morgan fingerprint density at radius 2 is 1.62 bits per heavy atom. The fourth-order valence-corrected chi connectivity index (χ4v) is 2.89. The van der Waals surface area contributed by atoms with E-state index in [1.165, 1.54) is 41.2 Å². The summed E-state index contributed by atoms with van der Waals surface area (Å²) in [6.07, 6.45) is 3.72. The van der Waals surface area contributed by atoms with Crippen LogP contribution in [0.2, 0.25) is 0 Å². The summed E-state index contributed by atoms with van der Waals surface area (Å²) in [5.74, 6) is 0.774. The molecular weight excluding hydrogens is 254 g/mol. The standard InChI is InChI=1S/C20H29N/c1-15(2)21-14-13-16(3)9-11-18-12-10-17(4)19-7-5-6-8-20(18)19/h5-8,10,12,15-16,21H,9,11,13-14H2,1-4H3. The molecule has 0 fully saturated rings. The van der Waals surface area contributed by atoms with Crippen LogP contribution in [-0.2, 0) is 6.42 Å². The molecule has 0 aliphatic carbocycles. The first-order valence-electron chi connectivity index (χ1n) is 8.28. The zero-order chi connectivity index (χ0) is 15.2. The van der Waals surface area contributed by atoms with Crippen molar-refractivity contribution in [3.8, 4) is 0 Å². The van der Waals surface area contributed by atoms with Crippen molar-refractivity contribution in [3.63, 3.8) is 0 Å². The average Bonchev–Trinajstić information content (AvgIpc) is 2.46. The van der Waals surface area contributed by atoms with E-state index in [-0.39, 0.29) is 0 Å². The molecule has 0 saturated carbocycles. The van der Waals surface area contributed by atoms with Gasteiger partial charge in [-0.3, -0.25) is 0 Å². The molecule has 114 valence electrons. The van der Waals surface area contributed by atoms with Crippen LogP contribution in [0.4, 0.5) is 0 Å². The molecule has 0 spiro atoms. The zero-order valence-electron chi connectivity index (χ0n) is 13.9. The second kappa shape index (κ2) is 7.61. The van der Waals surface area contributed by atoms with E-state index in [0.717, 1.165) is 12.5 Å². The van der Waals surface area contributed by atoms with Gasteiger partial charge in [-0.25, -0.2) is 0 Å². The van der Waals surface area contributed by atoms with Gasteiger partial charge in [0.05, 0.1) is 0 Å². The Kier molecular flexibility index (Phi) is 5.81. The van der Waals surface area contributed by atoms with E-state index in [1.54, 1.807) is 0 Å². The predicted molar refractivity (Wildman–Crippen MR) is 93.9 cm³/mol. The molecule has 1 atom stereocenters. The molecule has 0 aliphatic rings. The van der Waals surface area contributed by atoms with Gasteiger partial charge in [0.25, 0.3) is 0 Å². The first kappa shape index (κ1) is 16.0. The molecule has 1 nitrogen and oxygen atoms in total. The largest absolute Gasteiger partial charge is 0.315 e. The van der Waals surface area contributed by atoms with Crippen LogP contribution in [0.1, 0.15) is 44.7 Å². The SMILES string of the molecule is Cc1ccc(CCC(C)CCNC(C)C)c2ccccc12. The number of fused-ring (bicyclic) bond motifs is 1. The molecule has 0 aliphatic heterocycles. The van der Waals surface area contributed by atoms with Crippen molar-refractivity contribution < 1.29 is 0 Å². The lowest BCUT2D eigenvalue weighted by atomic mass is 9.93. The second-order valence-corrected chi connectivity index (χ2v) is 6.63. The maximum Gasteiger partial charge on any atom is 0.00103 e. The van der Waals surface area contributed by atoms with E-state index >= 15 is 0 Å². The minimum Gasteiger partial charge on any atom is -0.315 e. The Hall–Kier alpha value is -1.34. The molecule has 2 aromatic carbocycles. The molecular formula is C20H29N. The fourth-order valence-electron chi connectivity index (χ4n) is 2.89. The zero-order valence-corrected chi connectivity index (χ0v) is 13.9. The number of hydrogen-bond acceptors (Lipinski definition) is 1. The topological polar surface area (TPSA) is 12.0 Å². The number of rotatable bonds is 7. The third kappa shape index (κ3) is 4.57. The van der Waals surface area contributed by atoms with Gasteiger partial charge < -0.3 is 5.32 Å². The van der Waals surface area contributed by atoms with Crippen LogP contribution in [0.3, 0.4) is 0 Å². The highest BCUT2D eigenvalue weighted by Gasteiger charge is 2.07. The van der Waals surface area contributed by atoms with E-state index in [1.807, 2.05) is 0 Å². The molecule has 2 aromatic rings. The molecule has 1 N–H and O–H groups in total. The van der Waals surface area contributed by atoms with Gasteiger partial charge in [-0.1, -0.05) is 57.2 Å². The van der Waals surface area contributed by atoms with Gasteiger partial charge in [0.1, 0.15) is 0 Å². The van der Waals surface area contributed by atoms with Crippen molar-refractivity contribution in [1.29, 1.82) is 0 Å². The number of aryl methyl sites for hydroxylation is 2. The van der Waals surface area contributed by atoms with Crippen molar-refractivity contribution in [1.82, 2.24) is 5.32 Å². The first-order chi connectivity index (χ1) is 10.1. The Morgan fingerprint density at radius 3 is 2.33 bits per heavy atom. The number of nitrogens with one attached hydrogen (secondary N) is 1. The van der Waals surface area contributed by atoms with E-state index in [4.69, 9.17) is 0 Å². The van der Waals surface area contributed by atoms with E-state index in [2.05, 4.69) is 69.4 Å². The Bertz CT molecular complexity index is 571. The van der Waals surface area contributed by atoms with Gasteiger partial charge in [0, 0.05) is 6.04 Å². The van der Waals surface area contributed by atoms with Crippen molar-refractivity contribution in [2.24, 2.45) is 5.92 Å². The van der Waals surface area contributed by atoms with Gasteiger partial charge in [-0.2, -0.15) is 0 Å². The average molecular weight is 283 g/mol. The van der Waals surface area contributed by atoms with Gasteiger partial charge in [0.15, 0.2) is 0 Å². The summed E-state index contributed by atoms with van der Waals surface area (Å²) in [7, 11) is 0. The lowest BCUT2D eigenvalue weighted by molar-refractivity contribution is 0.454. The highest BCUT2D eigenvalue weighted by atomic mass is 14.9. The molecule has 21 heavy (non-hydrogen) atoms. The number of benzene rings is 2. The van der Waals surface area contributed by atoms with Crippen molar-refractivity contribution in [3.05, 3.63) is 47.5 Å². The quantitative estimate of drug-likeness (QED) is 0.745. The maximum atomic E-state index is 3.51. The molecule has 0 radical (unpaired) electrons. The van der Waals surface area contributed by atoms with Crippen LogP contribution < -0.4 is 5.32 Å². The van der Waals surface area contributed by atoms with Crippen LogP contribution in [0.5, 0.6) is 0 Å². The smallest absolute Gasteiger partial charge is 0.00103 e. The molecule has 1 unspecified atom stereocenters. The molecule has 0 amide bonds. The Labute approximate surface area is 129 Å². The molecule has 0 bridgehead atoms. The van der Waals surface area contributed by atoms with Gasteiger partial charge in [0.2, 0.25) is 0 Å². The lowest BCUT2D eigenvalue weighted by Crippen LogP contribution is -2.25. The summed E-state index contributed by atoms with van der Waals surface area (Å²) in [5.41, 5.74) is 2.88. The minimum atomic E-state index is 0.596. The molecule has 2 rings (SSSR count). The van der Waals surface area contributed by atoms with E-state index in [9.17, 15) is 0 Å². The number of hydrogen-bond donors (Lipinski definition) is 1. The highest BCUT2D eigenvalue weighted by Crippen LogP contribution is 2.24. The maximum absolute atomic E-state index is 3.51. The summed E-state index contributed by atoms with van der Waals surface area (Å²) in [6.45, 7) is 10.1. The van der Waals surface area contributed by atoms with Crippen LogP contribution in [0.25, 0.3) is 10.8 Å². The van der Waals surface area contributed by atoms with Gasteiger partial charge >= 0.3 is 0 Å². The van der Waals surface area contributed by atoms with Crippen LogP contribution in [-0.4, -0.2) is 12.6 Å². The van der Waals surface area contributed by atoms with Crippen molar-refractivity contribution in [2.75, 3.05) is 6.54 Å². The lowest BCUT2D eigenvalue weighted by Gasteiger charge is -2.15. The third-order valence-electron chi connectivity index (χ3n) is 4.33. The molecule has 0 aromatic heterocycles. The summed E-state index contributed by atoms with van der Waals surface area (Å²) in [4.78, 5) is 0. The summed E-state index contributed by atoms with van der Waals surface area (Å²) in [6, 6.07) is 14.0. The minimum absolute atomic E-state index is 0.596. The molecule has 0 saturated heterocycles. The van der Waals surface area contributed by atoms with Crippen LogP contribution in [0, 0.1) is 12.8 Å². The third-order valence-corrected chi connectivity index (χ3v) is 4.33. The van der Waals surface area contributed by atoms with Crippen LogP contribution in [0.15, 0.2) is 36.4 Å².